The highest BCUT2D eigenvalue weighted by Gasteiger charge is 2.26. The summed E-state index contributed by atoms with van der Waals surface area (Å²) in [7, 11) is 1.71. The monoisotopic (exact) mass is 383 g/mol. The Hall–Kier alpha value is -2.05. The van der Waals surface area contributed by atoms with E-state index in [2.05, 4.69) is 44.9 Å². The molecule has 1 N–H and O–H groups in total. The molecule has 0 radical (unpaired) electrons. The van der Waals surface area contributed by atoms with Gasteiger partial charge in [0.1, 0.15) is 11.6 Å². The molecule has 6 heteroatoms. The second-order valence-corrected chi connectivity index (χ2v) is 8.61. The SMILES string of the molecule is COc1ccc(C2CC2)c(CNc2ccc(Sc3nc(C)cs3)cn2)c1. The largest absolute Gasteiger partial charge is 0.497 e. The van der Waals surface area contributed by atoms with Crippen LogP contribution >= 0.6 is 23.1 Å². The molecule has 0 saturated heterocycles. The van der Waals surface area contributed by atoms with Crippen LogP contribution in [0.2, 0.25) is 0 Å². The predicted molar refractivity (Wildman–Crippen MR) is 108 cm³/mol. The second kappa shape index (κ2) is 7.68. The third-order valence-electron chi connectivity index (χ3n) is 4.37. The summed E-state index contributed by atoms with van der Waals surface area (Å²) in [4.78, 5) is 10.1. The van der Waals surface area contributed by atoms with Crippen molar-refractivity contribution in [3.63, 3.8) is 0 Å². The molecule has 4 rings (SSSR count). The van der Waals surface area contributed by atoms with Crippen molar-refractivity contribution in [3.8, 4) is 5.75 Å². The number of pyridine rings is 1. The number of aryl methyl sites for hydroxylation is 1. The van der Waals surface area contributed by atoms with Gasteiger partial charge in [0.2, 0.25) is 0 Å². The van der Waals surface area contributed by atoms with Crippen LogP contribution < -0.4 is 10.1 Å². The molecule has 0 aliphatic heterocycles. The Bertz CT molecular complexity index is 888. The van der Waals surface area contributed by atoms with E-state index in [1.165, 1.54) is 24.0 Å². The maximum absolute atomic E-state index is 5.38. The van der Waals surface area contributed by atoms with E-state index in [-0.39, 0.29) is 0 Å². The normalized spacial score (nSPS) is 13.6. The third kappa shape index (κ3) is 4.19. The van der Waals surface area contributed by atoms with Crippen LogP contribution in [0.4, 0.5) is 5.82 Å². The fourth-order valence-electron chi connectivity index (χ4n) is 2.87. The zero-order valence-electron chi connectivity index (χ0n) is 14.9. The number of thiazole rings is 1. The molecule has 4 nitrogen and oxygen atoms in total. The number of hydrogen-bond donors (Lipinski definition) is 1. The number of rotatable bonds is 7. The molecule has 3 aromatic rings. The molecule has 134 valence electrons. The lowest BCUT2D eigenvalue weighted by atomic mass is 10.0. The molecule has 0 bridgehead atoms. The first-order valence-corrected chi connectivity index (χ1v) is 10.4. The van der Waals surface area contributed by atoms with Gasteiger partial charge in [0.05, 0.1) is 7.11 Å². The molecular formula is C20H21N3OS2. The first kappa shape index (κ1) is 17.4. The number of benzene rings is 1. The lowest BCUT2D eigenvalue weighted by Gasteiger charge is -2.12. The van der Waals surface area contributed by atoms with Gasteiger partial charge in [-0.05, 0) is 61.1 Å². The fourth-order valence-corrected chi connectivity index (χ4v) is 4.64. The summed E-state index contributed by atoms with van der Waals surface area (Å²) in [5, 5.41) is 5.51. The average Bonchev–Trinajstić information content (AvgIpc) is 3.43. The summed E-state index contributed by atoms with van der Waals surface area (Å²) in [6.07, 6.45) is 4.48. The van der Waals surface area contributed by atoms with Gasteiger partial charge in [0, 0.05) is 28.7 Å². The highest BCUT2D eigenvalue weighted by Crippen LogP contribution is 2.42. The lowest BCUT2D eigenvalue weighted by Crippen LogP contribution is -2.04. The van der Waals surface area contributed by atoms with Crippen molar-refractivity contribution in [2.75, 3.05) is 12.4 Å². The van der Waals surface area contributed by atoms with Crippen molar-refractivity contribution in [2.45, 2.75) is 41.5 Å². The van der Waals surface area contributed by atoms with Crippen LogP contribution in [-0.2, 0) is 6.54 Å². The van der Waals surface area contributed by atoms with Crippen LogP contribution in [0.15, 0.2) is 51.1 Å². The summed E-state index contributed by atoms with van der Waals surface area (Å²) in [6.45, 7) is 2.77. The molecule has 26 heavy (non-hydrogen) atoms. The van der Waals surface area contributed by atoms with Crippen molar-refractivity contribution < 1.29 is 4.74 Å². The maximum atomic E-state index is 5.38. The minimum absolute atomic E-state index is 0.714. The molecule has 1 fully saturated rings. The Morgan fingerprint density at radius 1 is 1.27 bits per heavy atom. The molecule has 0 atom stereocenters. The first-order valence-electron chi connectivity index (χ1n) is 8.68. The van der Waals surface area contributed by atoms with Gasteiger partial charge >= 0.3 is 0 Å². The average molecular weight is 384 g/mol. The predicted octanol–water partition coefficient (Wildman–Crippen LogP) is 5.50. The topological polar surface area (TPSA) is 47.0 Å². The summed E-state index contributed by atoms with van der Waals surface area (Å²) in [5.41, 5.74) is 3.79. The molecule has 2 aromatic heterocycles. The molecule has 1 aliphatic rings. The molecule has 0 spiro atoms. The molecule has 1 saturated carbocycles. The van der Waals surface area contributed by atoms with Crippen molar-refractivity contribution in [1.82, 2.24) is 9.97 Å². The standard InChI is InChI=1S/C20H21N3OS2/c1-13-12-25-20(23-13)26-17-6-8-19(22-11-17)21-10-15-9-16(24-2)5-7-18(15)14-3-4-14/h5-9,11-12,14H,3-4,10H2,1-2H3,(H,21,22). The van der Waals surface area contributed by atoms with Gasteiger partial charge in [0.25, 0.3) is 0 Å². The van der Waals surface area contributed by atoms with E-state index in [1.54, 1.807) is 30.2 Å². The number of nitrogens with zero attached hydrogens (tertiary/aromatic N) is 2. The van der Waals surface area contributed by atoms with Crippen LogP contribution in [0, 0.1) is 6.92 Å². The molecular weight excluding hydrogens is 362 g/mol. The van der Waals surface area contributed by atoms with E-state index in [9.17, 15) is 0 Å². The van der Waals surface area contributed by atoms with Gasteiger partial charge in [-0.1, -0.05) is 17.8 Å². The van der Waals surface area contributed by atoms with E-state index in [1.807, 2.05) is 19.2 Å². The summed E-state index contributed by atoms with van der Waals surface area (Å²) in [5.74, 6) is 2.50. The van der Waals surface area contributed by atoms with E-state index in [4.69, 9.17) is 4.74 Å². The summed E-state index contributed by atoms with van der Waals surface area (Å²) < 4.78 is 6.44. The van der Waals surface area contributed by atoms with Gasteiger partial charge in [-0.25, -0.2) is 9.97 Å². The minimum Gasteiger partial charge on any atom is -0.497 e. The highest BCUT2D eigenvalue weighted by atomic mass is 32.2. The third-order valence-corrected chi connectivity index (χ3v) is 6.40. The highest BCUT2D eigenvalue weighted by molar-refractivity contribution is 8.01. The van der Waals surface area contributed by atoms with E-state index in [0.29, 0.717) is 5.92 Å². The second-order valence-electron chi connectivity index (χ2n) is 6.43. The molecule has 2 heterocycles. The molecule has 0 unspecified atom stereocenters. The van der Waals surface area contributed by atoms with Crippen molar-refractivity contribution >= 4 is 28.9 Å². The van der Waals surface area contributed by atoms with Crippen molar-refractivity contribution in [1.29, 1.82) is 0 Å². The van der Waals surface area contributed by atoms with E-state index in [0.717, 1.165) is 33.0 Å². The van der Waals surface area contributed by atoms with Gasteiger partial charge < -0.3 is 10.1 Å². The Labute approximate surface area is 162 Å². The number of hydrogen-bond acceptors (Lipinski definition) is 6. The number of ether oxygens (including phenoxy) is 1. The van der Waals surface area contributed by atoms with Crippen LogP contribution in [0.1, 0.15) is 35.6 Å². The summed E-state index contributed by atoms with van der Waals surface area (Å²) in [6, 6.07) is 10.5. The Kier molecular flexibility index (Phi) is 5.13. The quantitative estimate of drug-likeness (QED) is 0.584. The fraction of sp³-hybridized carbons (Fsp3) is 0.300. The van der Waals surface area contributed by atoms with Gasteiger partial charge in [-0.3, -0.25) is 0 Å². The van der Waals surface area contributed by atoms with Gasteiger partial charge in [0.15, 0.2) is 4.34 Å². The van der Waals surface area contributed by atoms with E-state index >= 15 is 0 Å². The minimum atomic E-state index is 0.714. The number of methoxy groups -OCH3 is 1. The Morgan fingerprint density at radius 3 is 2.81 bits per heavy atom. The van der Waals surface area contributed by atoms with Crippen LogP contribution in [-0.4, -0.2) is 17.1 Å². The van der Waals surface area contributed by atoms with E-state index < -0.39 is 0 Å². The molecule has 1 aliphatic carbocycles. The van der Waals surface area contributed by atoms with Gasteiger partial charge in [-0.15, -0.1) is 11.3 Å². The zero-order valence-corrected chi connectivity index (χ0v) is 16.5. The molecule has 1 aromatic carbocycles. The summed E-state index contributed by atoms with van der Waals surface area (Å²) >= 11 is 3.32. The van der Waals surface area contributed by atoms with Crippen LogP contribution in [0.5, 0.6) is 5.75 Å². The smallest absolute Gasteiger partial charge is 0.154 e. The molecule has 0 amide bonds. The first-order chi connectivity index (χ1) is 12.7. The Morgan fingerprint density at radius 2 is 2.15 bits per heavy atom. The van der Waals surface area contributed by atoms with Crippen LogP contribution in [0.3, 0.4) is 0 Å². The maximum Gasteiger partial charge on any atom is 0.154 e. The zero-order chi connectivity index (χ0) is 17.9. The number of anilines is 1. The van der Waals surface area contributed by atoms with Crippen molar-refractivity contribution in [2.24, 2.45) is 0 Å². The Balaban J connectivity index is 1.42. The van der Waals surface area contributed by atoms with Gasteiger partial charge in [-0.2, -0.15) is 0 Å². The number of aromatic nitrogens is 2. The van der Waals surface area contributed by atoms with Crippen LogP contribution in [0.25, 0.3) is 0 Å². The lowest BCUT2D eigenvalue weighted by molar-refractivity contribution is 0.414. The van der Waals surface area contributed by atoms with Crippen molar-refractivity contribution in [3.05, 3.63) is 58.7 Å². The number of nitrogens with one attached hydrogen (secondary N) is 1.